The van der Waals surface area contributed by atoms with Crippen molar-refractivity contribution >= 4 is 22.9 Å². The third-order valence-corrected chi connectivity index (χ3v) is 3.49. The summed E-state index contributed by atoms with van der Waals surface area (Å²) in [5.74, 6) is -0.0340. The average molecular weight is 274 g/mol. The Balaban J connectivity index is 1.88. The van der Waals surface area contributed by atoms with Crippen molar-refractivity contribution in [2.24, 2.45) is 0 Å². The zero-order chi connectivity index (χ0) is 13.5. The molecule has 1 aromatic heterocycles. The van der Waals surface area contributed by atoms with Crippen molar-refractivity contribution in [2.75, 3.05) is 11.9 Å². The van der Waals surface area contributed by atoms with Gasteiger partial charge in [-0.3, -0.25) is 4.79 Å². The van der Waals surface area contributed by atoms with Crippen LogP contribution in [0.4, 0.5) is 5.69 Å². The highest BCUT2D eigenvalue weighted by atomic mass is 32.1. The van der Waals surface area contributed by atoms with E-state index < -0.39 is 0 Å². The molecule has 0 spiro atoms. The van der Waals surface area contributed by atoms with Gasteiger partial charge in [-0.1, -0.05) is 6.92 Å². The zero-order valence-electron chi connectivity index (χ0n) is 11.0. The third kappa shape index (κ3) is 4.10. The first-order valence-corrected chi connectivity index (χ1v) is 7.37. The second kappa shape index (κ2) is 6.95. The molecule has 0 saturated carbocycles. The molecule has 100 valence electrons. The molecule has 1 aromatic carbocycles. The molecule has 0 radical (unpaired) electrons. The van der Waals surface area contributed by atoms with Crippen molar-refractivity contribution in [1.29, 1.82) is 0 Å². The molecule has 0 aliphatic rings. The number of anilines is 1. The zero-order valence-corrected chi connectivity index (χ0v) is 11.8. The predicted octanol–water partition coefficient (Wildman–Crippen LogP) is 3.50. The summed E-state index contributed by atoms with van der Waals surface area (Å²) in [4.78, 5) is 11.9. The summed E-state index contributed by atoms with van der Waals surface area (Å²) in [6.45, 7) is 3.65. The molecular formula is C15H18N2OS. The molecule has 0 unspecified atom stereocenters. The SMILES string of the molecule is CCCNc1ccc(C(=O)NCc2ccsc2)cc1. The number of carbonyl (C=O) groups excluding carboxylic acids is 1. The van der Waals surface area contributed by atoms with Gasteiger partial charge in [-0.05, 0) is 53.1 Å². The van der Waals surface area contributed by atoms with Gasteiger partial charge in [-0.15, -0.1) is 0 Å². The summed E-state index contributed by atoms with van der Waals surface area (Å²) in [5.41, 5.74) is 2.88. The summed E-state index contributed by atoms with van der Waals surface area (Å²) >= 11 is 1.64. The molecule has 2 aromatic rings. The van der Waals surface area contributed by atoms with E-state index in [0.717, 1.165) is 24.2 Å². The van der Waals surface area contributed by atoms with Gasteiger partial charge in [-0.25, -0.2) is 0 Å². The Morgan fingerprint density at radius 1 is 1.21 bits per heavy atom. The van der Waals surface area contributed by atoms with Gasteiger partial charge in [0.2, 0.25) is 0 Å². The summed E-state index contributed by atoms with van der Waals surface area (Å²) in [7, 11) is 0. The van der Waals surface area contributed by atoms with Gasteiger partial charge < -0.3 is 10.6 Å². The lowest BCUT2D eigenvalue weighted by molar-refractivity contribution is 0.0951. The molecular weight excluding hydrogens is 256 g/mol. The van der Waals surface area contributed by atoms with E-state index in [-0.39, 0.29) is 5.91 Å². The maximum Gasteiger partial charge on any atom is 0.251 e. The van der Waals surface area contributed by atoms with E-state index in [1.54, 1.807) is 11.3 Å². The Bertz CT molecular complexity index is 505. The lowest BCUT2D eigenvalue weighted by atomic mass is 10.2. The monoisotopic (exact) mass is 274 g/mol. The maximum absolute atomic E-state index is 11.9. The topological polar surface area (TPSA) is 41.1 Å². The number of carbonyl (C=O) groups is 1. The van der Waals surface area contributed by atoms with E-state index in [0.29, 0.717) is 12.1 Å². The number of hydrogen-bond acceptors (Lipinski definition) is 3. The van der Waals surface area contributed by atoms with E-state index in [2.05, 4.69) is 17.6 Å². The molecule has 0 bridgehead atoms. The first-order valence-electron chi connectivity index (χ1n) is 6.43. The van der Waals surface area contributed by atoms with E-state index in [1.165, 1.54) is 0 Å². The molecule has 0 fully saturated rings. The minimum Gasteiger partial charge on any atom is -0.385 e. The Labute approximate surface area is 117 Å². The molecule has 1 heterocycles. The molecule has 0 aliphatic heterocycles. The lowest BCUT2D eigenvalue weighted by Crippen LogP contribution is -2.22. The molecule has 4 heteroatoms. The number of amides is 1. The second-order valence-electron chi connectivity index (χ2n) is 4.32. The first-order chi connectivity index (χ1) is 9.29. The van der Waals surface area contributed by atoms with Crippen LogP contribution < -0.4 is 10.6 Å². The van der Waals surface area contributed by atoms with Crippen molar-refractivity contribution in [2.45, 2.75) is 19.9 Å². The van der Waals surface area contributed by atoms with Crippen LogP contribution in [0.1, 0.15) is 29.3 Å². The van der Waals surface area contributed by atoms with Crippen molar-refractivity contribution in [3.63, 3.8) is 0 Å². The Morgan fingerprint density at radius 3 is 2.63 bits per heavy atom. The van der Waals surface area contributed by atoms with Gasteiger partial charge >= 0.3 is 0 Å². The minimum atomic E-state index is -0.0340. The van der Waals surface area contributed by atoms with Crippen molar-refractivity contribution < 1.29 is 4.79 Å². The third-order valence-electron chi connectivity index (χ3n) is 2.76. The van der Waals surface area contributed by atoms with Gasteiger partial charge in [0.1, 0.15) is 0 Å². The molecule has 2 rings (SSSR count). The fraction of sp³-hybridized carbons (Fsp3) is 0.267. The van der Waals surface area contributed by atoms with Crippen molar-refractivity contribution in [1.82, 2.24) is 5.32 Å². The highest BCUT2D eigenvalue weighted by molar-refractivity contribution is 7.07. The van der Waals surface area contributed by atoms with Crippen LogP contribution in [0.3, 0.4) is 0 Å². The van der Waals surface area contributed by atoms with Crippen LogP contribution in [0.25, 0.3) is 0 Å². The van der Waals surface area contributed by atoms with Crippen molar-refractivity contribution in [3.05, 3.63) is 52.2 Å². The molecule has 0 saturated heterocycles. The van der Waals surface area contributed by atoms with Gasteiger partial charge in [0, 0.05) is 24.3 Å². The number of nitrogens with one attached hydrogen (secondary N) is 2. The molecule has 1 amide bonds. The fourth-order valence-electron chi connectivity index (χ4n) is 1.69. The quantitative estimate of drug-likeness (QED) is 0.846. The standard InChI is InChI=1S/C15H18N2OS/c1-2-8-16-14-5-3-13(4-6-14)15(18)17-10-12-7-9-19-11-12/h3-7,9,11,16H,2,8,10H2,1H3,(H,17,18). The van der Waals surface area contributed by atoms with Crippen LogP contribution in [0.15, 0.2) is 41.1 Å². The Hall–Kier alpha value is -1.81. The van der Waals surface area contributed by atoms with Crippen LogP contribution in [-0.4, -0.2) is 12.5 Å². The van der Waals surface area contributed by atoms with Crippen LogP contribution in [-0.2, 0) is 6.54 Å². The number of hydrogen-bond donors (Lipinski definition) is 2. The number of thiophene rings is 1. The summed E-state index contributed by atoms with van der Waals surface area (Å²) in [5, 5.41) is 10.2. The predicted molar refractivity (Wildman–Crippen MR) is 80.7 cm³/mol. The molecule has 2 N–H and O–H groups in total. The summed E-state index contributed by atoms with van der Waals surface area (Å²) < 4.78 is 0. The smallest absolute Gasteiger partial charge is 0.251 e. The highest BCUT2D eigenvalue weighted by Crippen LogP contribution is 2.10. The largest absolute Gasteiger partial charge is 0.385 e. The Morgan fingerprint density at radius 2 is 2.00 bits per heavy atom. The van der Waals surface area contributed by atoms with E-state index in [4.69, 9.17) is 0 Å². The summed E-state index contributed by atoms with van der Waals surface area (Å²) in [6, 6.07) is 9.59. The molecule has 19 heavy (non-hydrogen) atoms. The van der Waals surface area contributed by atoms with Gasteiger partial charge in [0.25, 0.3) is 5.91 Å². The van der Waals surface area contributed by atoms with E-state index in [9.17, 15) is 4.79 Å². The van der Waals surface area contributed by atoms with Gasteiger partial charge in [0.15, 0.2) is 0 Å². The first kappa shape index (κ1) is 13.6. The number of rotatable bonds is 6. The minimum absolute atomic E-state index is 0.0340. The van der Waals surface area contributed by atoms with Crippen molar-refractivity contribution in [3.8, 4) is 0 Å². The molecule has 3 nitrogen and oxygen atoms in total. The molecule has 0 atom stereocenters. The number of benzene rings is 1. The van der Waals surface area contributed by atoms with Crippen LogP contribution in [0, 0.1) is 0 Å². The highest BCUT2D eigenvalue weighted by Gasteiger charge is 2.05. The maximum atomic E-state index is 11.9. The van der Waals surface area contributed by atoms with Gasteiger partial charge in [0.05, 0.1) is 0 Å². The molecule has 0 aliphatic carbocycles. The lowest BCUT2D eigenvalue weighted by Gasteiger charge is -2.07. The van der Waals surface area contributed by atoms with Crippen LogP contribution in [0.5, 0.6) is 0 Å². The average Bonchev–Trinajstić information content (AvgIpc) is 2.96. The van der Waals surface area contributed by atoms with E-state index >= 15 is 0 Å². The fourth-order valence-corrected chi connectivity index (χ4v) is 2.36. The summed E-state index contributed by atoms with van der Waals surface area (Å²) in [6.07, 6.45) is 1.09. The van der Waals surface area contributed by atoms with Crippen LogP contribution in [0.2, 0.25) is 0 Å². The second-order valence-corrected chi connectivity index (χ2v) is 5.10. The van der Waals surface area contributed by atoms with Gasteiger partial charge in [-0.2, -0.15) is 11.3 Å². The normalized spacial score (nSPS) is 10.2. The Kier molecular flexibility index (Phi) is 4.98. The van der Waals surface area contributed by atoms with Crippen LogP contribution >= 0.6 is 11.3 Å². The van der Waals surface area contributed by atoms with E-state index in [1.807, 2.05) is 41.1 Å².